The van der Waals surface area contributed by atoms with Crippen LogP contribution in [0.1, 0.15) is 25.7 Å². The minimum atomic E-state index is -3.84. The van der Waals surface area contributed by atoms with Crippen molar-refractivity contribution in [1.82, 2.24) is 0 Å². The Bertz CT molecular complexity index is 350. The highest BCUT2D eigenvalue weighted by Gasteiger charge is 2.04. The summed E-state index contributed by atoms with van der Waals surface area (Å²) in [6.45, 7) is 0. The molecule has 0 saturated carbocycles. The fourth-order valence-corrected chi connectivity index (χ4v) is 3.38. The van der Waals surface area contributed by atoms with Gasteiger partial charge in [0.05, 0.1) is 11.5 Å². The predicted molar refractivity (Wildman–Crippen MR) is 68.0 cm³/mol. The van der Waals surface area contributed by atoms with Gasteiger partial charge in [0.1, 0.15) is 0 Å². The van der Waals surface area contributed by atoms with Crippen LogP contribution >= 0.6 is 8.58 Å². The van der Waals surface area contributed by atoms with Crippen LogP contribution in [0.25, 0.3) is 0 Å². The van der Waals surface area contributed by atoms with E-state index in [1.54, 1.807) is 0 Å². The molecule has 6 nitrogen and oxygen atoms in total. The normalized spacial score (nSPS) is 12.8. The molecule has 0 amide bonds. The Balaban J connectivity index is 3.25. The van der Waals surface area contributed by atoms with Crippen LogP contribution in [0.4, 0.5) is 0 Å². The number of unbranched alkanes of at least 4 members (excludes halogenated alkanes) is 2. The van der Waals surface area contributed by atoms with Crippen LogP contribution in [-0.4, -0.2) is 49.8 Å². The minimum absolute atomic E-state index is 0.203. The molecule has 2 N–H and O–H groups in total. The molecule has 0 atom stereocenters. The number of hydrogen-bond donors (Lipinski definition) is 2. The van der Waals surface area contributed by atoms with E-state index in [-0.39, 0.29) is 11.5 Å². The van der Waals surface area contributed by atoms with Crippen molar-refractivity contribution >= 4 is 28.8 Å². The summed E-state index contributed by atoms with van der Waals surface area (Å²) in [6, 6.07) is 0. The molecule has 103 valence electrons. The van der Waals surface area contributed by atoms with Gasteiger partial charge in [0, 0.05) is 0 Å². The lowest BCUT2D eigenvalue weighted by atomic mass is 10.4. The highest BCUT2D eigenvalue weighted by molar-refractivity contribution is 7.86. The van der Waals surface area contributed by atoms with Crippen molar-refractivity contribution < 1.29 is 25.9 Å². The van der Waals surface area contributed by atoms with E-state index >= 15 is 0 Å². The highest BCUT2D eigenvalue weighted by Crippen LogP contribution is 2.15. The zero-order valence-corrected chi connectivity index (χ0v) is 12.0. The van der Waals surface area contributed by atoms with Gasteiger partial charge in [-0.3, -0.25) is 9.11 Å². The van der Waals surface area contributed by atoms with E-state index in [0.717, 1.165) is 33.7 Å². The molecule has 9 heteroatoms. The average Bonchev–Trinajstić information content (AvgIpc) is 2.11. The quantitative estimate of drug-likeness (QED) is 0.357. The summed E-state index contributed by atoms with van der Waals surface area (Å²) in [7, 11) is -6.55. The Morgan fingerprint density at radius 3 is 1.35 bits per heavy atom. The molecule has 17 heavy (non-hydrogen) atoms. The molecule has 0 aliphatic carbocycles. The summed E-state index contributed by atoms with van der Waals surface area (Å²) in [5.74, 6) is -0.406. The third-order valence-corrected chi connectivity index (χ3v) is 4.81. The maximum absolute atomic E-state index is 10.4. The molecule has 0 unspecified atom stereocenters. The fraction of sp³-hybridized carbons (Fsp3) is 1.00. The van der Waals surface area contributed by atoms with E-state index < -0.39 is 20.2 Å². The van der Waals surface area contributed by atoms with Gasteiger partial charge in [-0.25, -0.2) is 0 Å². The third kappa shape index (κ3) is 16.2. The molecule has 0 fully saturated rings. The molecule has 0 aromatic heterocycles. The molecule has 0 aromatic carbocycles. The Labute approximate surface area is 104 Å². The largest absolute Gasteiger partial charge is 0.286 e. The Morgan fingerprint density at radius 1 is 0.706 bits per heavy atom. The van der Waals surface area contributed by atoms with Crippen molar-refractivity contribution in [3.63, 3.8) is 0 Å². The maximum atomic E-state index is 10.4. The zero-order valence-electron chi connectivity index (χ0n) is 9.45. The van der Waals surface area contributed by atoms with Gasteiger partial charge in [0.25, 0.3) is 20.2 Å². The SMILES string of the molecule is O=S(=O)(O)CCCC[P]CCCCS(=O)(=O)O. The molecular formula is C8H18O6PS2. The summed E-state index contributed by atoms with van der Waals surface area (Å²) < 4.78 is 58.4. The number of hydrogen-bond acceptors (Lipinski definition) is 4. The van der Waals surface area contributed by atoms with Crippen molar-refractivity contribution in [2.24, 2.45) is 0 Å². The lowest BCUT2D eigenvalue weighted by Gasteiger charge is -2.00. The molecule has 0 aliphatic heterocycles. The van der Waals surface area contributed by atoms with Gasteiger partial charge >= 0.3 is 0 Å². The first kappa shape index (κ1) is 17.2. The number of rotatable bonds is 10. The summed E-state index contributed by atoms with van der Waals surface area (Å²) in [4.78, 5) is 0. The van der Waals surface area contributed by atoms with E-state index in [1.807, 2.05) is 0 Å². The second-order valence-electron chi connectivity index (χ2n) is 3.66. The van der Waals surface area contributed by atoms with E-state index in [0.29, 0.717) is 12.8 Å². The van der Waals surface area contributed by atoms with Crippen LogP contribution in [0.15, 0.2) is 0 Å². The summed E-state index contributed by atoms with van der Waals surface area (Å²) >= 11 is 0. The molecule has 0 rings (SSSR count). The maximum Gasteiger partial charge on any atom is 0.264 e. The summed E-state index contributed by atoms with van der Waals surface area (Å²) in [6.07, 6.45) is 4.00. The van der Waals surface area contributed by atoms with Crippen molar-refractivity contribution in [3.8, 4) is 0 Å². The molecule has 0 aromatic rings. The minimum Gasteiger partial charge on any atom is -0.286 e. The Hall–Kier alpha value is 0.250. The first-order valence-electron chi connectivity index (χ1n) is 5.24. The molecular weight excluding hydrogens is 287 g/mol. The van der Waals surface area contributed by atoms with Gasteiger partial charge in [-0.15, -0.1) is 0 Å². The average molecular weight is 305 g/mol. The molecule has 0 aliphatic rings. The van der Waals surface area contributed by atoms with Crippen molar-refractivity contribution in [2.75, 3.05) is 23.8 Å². The van der Waals surface area contributed by atoms with Gasteiger partial charge < -0.3 is 0 Å². The van der Waals surface area contributed by atoms with Crippen LogP contribution in [0.5, 0.6) is 0 Å². The Kier molecular flexibility index (Phi) is 8.49. The monoisotopic (exact) mass is 305 g/mol. The predicted octanol–water partition coefficient (Wildman–Crippen LogP) is 1.27. The second kappa shape index (κ2) is 8.37. The van der Waals surface area contributed by atoms with E-state index in [1.165, 1.54) is 0 Å². The van der Waals surface area contributed by atoms with Gasteiger partial charge in [0.2, 0.25) is 0 Å². The lowest BCUT2D eigenvalue weighted by molar-refractivity contribution is 0.478. The van der Waals surface area contributed by atoms with Crippen molar-refractivity contribution in [2.45, 2.75) is 25.7 Å². The van der Waals surface area contributed by atoms with Crippen LogP contribution < -0.4 is 0 Å². The van der Waals surface area contributed by atoms with E-state index in [4.69, 9.17) is 9.11 Å². The zero-order chi connectivity index (χ0) is 13.4. The molecule has 1 radical (unpaired) electrons. The second-order valence-corrected chi connectivity index (χ2v) is 8.14. The van der Waals surface area contributed by atoms with Gasteiger partial charge in [-0.2, -0.15) is 16.8 Å². The van der Waals surface area contributed by atoms with Crippen molar-refractivity contribution in [1.29, 1.82) is 0 Å². The fourth-order valence-electron chi connectivity index (χ4n) is 1.13. The van der Waals surface area contributed by atoms with E-state index in [2.05, 4.69) is 0 Å². The van der Waals surface area contributed by atoms with Crippen LogP contribution in [0, 0.1) is 0 Å². The van der Waals surface area contributed by atoms with Crippen LogP contribution in [-0.2, 0) is 20.2 Å². The van der Waals surface area contributed by atoms with Crippen molar-refractivity contribution in [3.05, 3.63) is 0 Å². The lowest BCUT2D eigenvalue weighted by Crippen LogP contribution is -2.04. The summed E-state index contributed by atoms with van der Waals surface area (Å²) in [5.41, 5.74) is 0. The Morgan fingerprint density at radius 2 is 1.06 bits per heavy atom. The smallest absolute Gasteiger partial charge is 0.264 e. The third-order valence-electron chi connectivity index (χ3n) is 1.94. The van der Waals surface area contributed by atoms with Crippen LogP contribution in [0.3, 0.4) is 0 Å². The standard InChI is InChI=1S/C8H18O6PS2/c9-16(10,11)7-3-1-5-15-6-2-4-8-17(12,13)14/h1-8H2,(H,9,10,11)(H,12,13,14). The van der Waals surface area contributed by atoms with E-state index in [9.17, 15) is 16.8 Å². The first-order chi connectivity index (χ1) is 7.71. The van der Waals surface area contributed by atoms with Gasteiger partial charge in [0.15, 0.2) is 0 Å². The molecule has 0 heterocycles. The summed E-state index contributed by atoms with van der Waals surface area (Å²) in [5, 5.41) is 0. The highest BCUT2D eigenvalue weighted by atomic mass is 32.2. The van der Waals surface area contributed by atoms with Gasteiger partial charge in [-0.05, 0) is 38.0 Å². The van der Waals surface area contributed by atoms with Gasteiger partial charge in [-0.1, -0.05) is 8.58 Å². The molecule has 0 saturated heterocycles. The molecule has 0 bridgehead atoms. The van der Waals surface area contributed by atoms with Crippen LogP contribution in [0.2, 0.25) is 0 Å². The molecule has 0 spiro atoms. The first-order valence-corrected chi connectivity index (χ1v) is 9.72. The topological polar surface area (TPSA) is 109 Å².